The second-order valence-corrected chi connectivity index (χ2v) is 7.44. The number of likely N-dealkylation sites (tertiary alicyclic amines) is 1. The molecule has 4 rings (SSSR count). The molecule has 2 unspecified atom stereocenters. The average Bonchev–Trinajstić information content (AvgIpc) is 3.22. The van der Waals surface area contributed by atoms with Crippen LogP contribution in [0, 0.1) is 17.7 Å². The molecule has 1 aliphatic carbocycles. The summed E-state index contributed by atoms with van der Waals surface area (Å²) in [6.45, 7) is 3.09. The fourth-order valence-corrected chi connectivity index (χ4v) is 4.58. The van der Waals surface area contributed by atoms with E-state index in [0.29, 0.717) is 0 Å². The lowest BCUT2D eigenvalue weighted by Crippen LogP contribution is -2.41. The van der Waals surface area contributed by atoms with Gasteiger partial charge in [0.1, 0.15) is 5.82 Å². The summed E-state index contributed by atoms with van der Waals surface area (Å²) < 4.78 is 13.5. The second-order valence-electron chi connectivity index (χ2n) is 7.44. The van der Waals surface area contributed by atoms with Crippen molar-refractivity contribution in [2.75, 3.05) is 26.7 Å². The summed E-state index contributed by atoms with van der Waals surface area (Å²) in [7, 11) is 1.87. The number of aliphatic imine (C=N–C) groups is 1. The molecule has 2 N–H and O–H groups in total. The number of guanidine groups is 1. The van der Waals surface area contributed by atoms with E-state index in [0.717, 1.165) is 60.3 Å². The summed E-state index contributed by atoms with van der Waals surface area (Å²) in [6, 6.07) is 4.91. The van der Waals surface area contributed by atoms with Gasteiger partial charge in [0, 0.05) is 43.8 Å². The number of halogens is 2. The van der Waals surface area contributed by atoms with Gasteiger partial charge in [-0.3, -0.25) is 4.99 Å². The van der Waals surface area contributed by atoms with Crippen LogP contribution in [0.2, 0.25) is 0 Å². The zero-order chi connectivity index (χ0) is 17.2. The molecule has 2 fully saturated rings. The van der Waals surface area contributed by atoms with Gasteiger partial charge in [0.15, 0.2) is 5.96 Å². The minimum Gasteiger partial charge on any atom is -0.361 e. The van der Waals surface area contributed by atoms with Crippen LogP contribution in [-0.2, 0) is 6.42 Å². The maximum Gasteiger partial charge on any atom is 0.193 e. The fraction of sp³-hybridized carbons (Fsp3) is 0.550. The fourth-order valence-electron chi connectivity index (χ4n) is 4.58. The van der Waals surface area contributed by atoms with Crippen LogP contribution in [0.25, 0.3) is 10.9 Å². The van der Waals surface area contributed by atoms with Crippen LogP contribution in [0.5, 0.6) is 0 Å². The molecular formula is C20H28FIN4. The number of hydrogen-bond donors (Lipinski definition) is 2. The maximum absolute atomic E-state index is 13.5. The highest BCUT2D eigenvalue weighted by Crippen LogP contribution is 2.35. The third-order valence-corrected chi connectivity index (χ3v) is 5.89. The molecule has 2 heterocycles. The number of nitrogens with one attached hydrogen (secondary N) is 2. The first kappa shape index (κ1) is 19.5. The van der Waals surface area contributed by atoms with Crippen molar-refractivity contribution in [1.29, 1.82) is 0 Å². The largest absolute Gasteiger partial charge is 0.361 e. The topological polar surface area (TPSA) is 43.4 Å². The van der Waals surface area contributed by atoms with Gasteiger partial charge >= 0.3 is 0 Å². The molecule has 1 aromatic carbocycles. The van der Waals surface area contributed by atoms with Gasteiger partial charge in [-0.1, -0.05) is 12.8 Å². The van der Waals surface area contributed by atoms with E-state index in [9.17, 15) is 4.39 Å². The molecule has 1 aliphatic heterocycles. The number of hydrogen-bond acceptors (Lipinski definition) is 1. The number of benzene rings is 1. The average molecular weight is 470 g/mol. The van der Waals surface area contributed by atoms with Crippen LogP contribution >= 0.6 is 24.0 Å². The Hall–Kier alpha value is -1.31. The summed E-state index contributed by atoms with van der Waals surface area (Å²) in [4.78, 5) is 10.1. The highest BCUT2D eigenvalue weighted by molar-refractivity contribution is 14.0. The normalized spacial score (nSPS) is 23.0. The third-order valence-electron chi connectivity index (χ3n) is 5.89. The van der Waals surface area contributed by atoms with Gasteiger partial charge in [-0.25, -0.2) is 4.39 Å². The molecule has 2 aliphatic rings. The number of rotatable bonds is 3. The first-order valence-corrected chi connectivity index (χ1v) is 9.45. The molecule has 0 bridgehead atoms. The van der Waals surface area contributed by atoms with Crippen molar-refractivity contribution in [3.8, 4) is 0 Å². The van der Waals surface area contributed by atoms with Crippen molar-refractivity contribution < 1.29 is 4.39 Å². The van der Waals surface area contributed by atoms with E-state index in [-0.39, 0.29) is 29.8 Å². The lowest BCUT2D eigenvalue weighted by Gasteiger charge is -2.22. The molecule has 0 spiro atoms. The van der Waals surface area contributed by atoms with Crippen LogP contribution in [0.4, 0.5) is 4.39 Å². The maximum atomic E-state index is 13.5. The molecule has 2 atom stereocenters. The van der Waals surface area contributed by atoms with Gasteiger partial charge in [-0.05, 0) is 54.9 Å². The SMILES string of the molecule is CN=C(NCCc1c[nH]c2ccc(F)cc12)N1CC2CCCCC2C1.I. The van der Waals surface area contributed by atoms with Gasteiger partial charge in [0.25, 0.3) is 0 Å². The molecule has 0 radical (unpaired) electrons. The van der Waals surface area contributed by atoms with Crippen molar-refractivity contribution in [3.05, 3.63) is 35.8 Å². The summed E-state index contributed by atoms with van der Waals surface area (Å²) in [5.41, 5.74) is 2.14. The van der Waals surface area contributed by atoms with Crippen molar-refractivity contribution in [3.63, 3.8) is 0 Å². The minimum absolute atomic E-state index is 0. The Kier molecular flexibility index (Phi) is 6.42. The van der Waals surface area contributed by atoms with E-state index in [2.05, 4.69) is 20.2 Å². The Labute approximate surface area is 171 Å². The Morgan fingerprint density at radius 2 is 2.00 bits per heavy atom. The Morgan fingerprint density at radius 3 is 2.69 bits per heavy atom. The Morgan fingerprint density at radius 1 is 1.27 bits per heavy atom. The molecule has 26 heavy (non-hydrogen) atoms. The van der Waals surface area contributed by atoms with E-state index in [4.69, 9.17) is 0 Å². The quantitative estimate of drug-likeness (QED) is 0.402. The van der Waals surface area contributed by atoms with Gasteiger partial charge in [-0.2, -0.15) is 0 Å². The highest BCUT2D eigenvalue weighted by Gasteiger charge is 2.35. The number of H-pyrrole nitrogens is 1. The molecule has 2 aromatic rings. The summed E-state index contributed by atoms with van der Waals surface area (Å²) in [5.74, 6) is 2.53. The van der Waals surface area contributed by atoms with Crippen LogP contribution in [0.1, 0.15) is 31.2 Å². The minimum atomic E-state index is -0.184. The lowest BCUT2D eigenvalue weighted by molar-refractivity contribution is 0.299. The monoisotopic (exact) mass is 470 g/mol. The molecule has 1 aromatic heterocycles. The molecular weight excluding hydrogens is 442 g/mol. The number of fused-ring (bicyclic) bond motifs is 2. The van der Waals surface area contributed by atoms with Crippen molar-refractivity contribution in [2.45, 2.75) is 32.1 Å². The van der Waals surface area contributed by atoms with Gasteiger partial charge in [0.2, 0.25) is 0 Å². The highest BCUT2D eigenvalue weighted by atomic mass is 127. The molecule has 6 heteroatoms. The van der Waals surface area contributed by atoms with Gasteiger partial charge in [0.05, 0.1) is 0 Å². The van der Waals surface area contributed by atoms with E-state index in [1.54, 1.807) is 12.1 Å². The zero-order valence-electron chi connectivity index (χ0n) is 15.3. The van der Waals surface area contributed by atoms with Crippen LogP contribution in [0.3, 0.4) is 0 Å². The molecule has 1 saturated carbocycles. The van der Waals surface area contributed by atoms with E-state index >= 15 is 0 Å². The smallest absolute Gasteiger partial charge is 0.193 e. The standard InChI is InChI=1S/C20H27FN4.HI/c1-22-20(25-12-15-4-2-3-5-16(15)13-25)23-9-8-14-11-24-19-7-6-17(21)10-18(14)19;/h6-7,10-11,15-16,24H,2-5,8-9,12-13H2,1H3,(H,22,23);1H. The zero-order valence-corrected chi connectivity index (χ0v) is 17.6. The van der Waals surface area contributed by atoms with Crippen LogP contribution < -0.4 is 5.32 Å². The Bertz CT molecular complexity index is 758. The number of nitrogens with zero attached hydrogens (tertiary/aromatic N) is 2. The van der Waals surface area contributed by atoms with E-state index < -0.39 is 0 Å². The first-order valence-electron chi connectivity index (χ1n) is 9.45. The number of aromatic nitrogens is 1. The lowest BCUT2D eigenvalue weighted by atomic mass is 9.82. The van der Waals surface area contributed by atoms with E-state index in [1.807, 2.05) is 13.2 Å². The summed E-state index contributed by atoms with van der Waals surface area (Å²) in [5, 5.41) is 4.48. The van der Waals surface area contributed by atoms with Crippen molar-refractivity contribution in [2.24, 2.45) is 16.8 Å². The van der Waals surface area contributed by atoms with Crippen LogP contribution in [-0.4, -0.2) is 42.5 Å². The summed E-state index contributed by atoms with van der Waals surface area (Å²) >= 11 is 0. The Balaban J connectivity index is 0.00000196. The molecule has 1 saturated heterocycles. The van der Waals surface area contributed by atoms with Crippen molar-refractivity contribution >= 4 is 40.8 Å². The predicted molar refractivity (Wildman–Crippen MR) is 116 cm³/mol. The summed E-state index contributed by atoms with van der Waals surface area (Å²) in [6.07, 6.45) is 8.36. The second kappa shape index (κ2) is 8.59. The van der Waals surface area contributed by atoms with Gasteiger partial charge in [-0.15, -0.1) is 24.0 Å². The van der Waals surface area contributed by atoms with Gasteiger partial charge < -0.3 is 15.2 Å². The molecule has 142 valence electrons. The predicted octanol–water partition coefficient (Wildman–Crippen LogP) is 4.16. The number of aromatic amines is 1. The molecule has 4 nitrogen and oxygen atoms in total. The first-order chi connectivity index (χ1) is 12.2. The van der Waals surface area contributed by atoms with E-state index in [1.165, 1.54) is 31.7 Å². The van der Waals surface area contributed by atoms with Crippen LogP contribution in [0.15, 0.2) is 29.4 Å². The third kappa shape index (κ3) is 4.00. The van der Waals surface area contributed by atoms with Crippen molar-refractivity contribution in [1.82, 2.24) is 15.2 Å². The molecule has 0 amide bonds.